The van der Waals surface area contributed by atoms with Gasteiger partial charge in [-0.1, -0.05) is 23.7 Å². The van der Waals surface area contributed by atoms with E-state index in [0.29, 0.717) is 23.3 Å². The third-order valence-electron chi connectivity index (χ3n) is 2.86. The molecule has 0 amide bonds. The van der Waals surface area contributed by atoms with Crippen molar-refractivity contribution in [3.05, 3.63) is 28.8 Å². The summed E-state index contributed by atoms with van der Waals surface area (Å²) in [6.07, 6.45) is 2.30. The molecule has 0 bridgehead atoms. The van der Waals surface area contributed by atoms with E-state index in [1.165, 1.54) is 0 Å². The highest BCUT2D eigenvalue weighted by molar-refractivity contribution is 7.92. The van der Waals surface area contributed by atoms with Crippen LogP contribution in [-0.4, -0.2) is 26.8 Å². The lowest BCUT2D eigenvalue weighted by atomic mass is 10.2. The smallest absolute Gasteiger partial charge is 0.234 e. The van der Waals surface area contributed by atoms with Gasteiger partial charge in [-0.15, -0.1) is 0 Å². The molecule has 0 radical (unpaired) electrons. The Hall–Kier alpha value is -0.780. The van der Waals surface area contributed by atoms with Crippen LogP contribution in [0.4, 0.5) is 5.69 Å². The molecule has 1 aromatic carbocycles. The number of hydrogen-bond acceptors (Lipinski definition) is 3. The van der Waals surface area contributed by atoms with Crippen molar-refractivity contribution in [2.75, 3.05) is 17.0 Å². The second kappa shape index (κ2) is 5.47. The molecule has 0 spiro atoms. The summed E-state index contributed by atoms with van der Waals surface area (Å²) in [5, 5.41) is 3.60. The third-order valence-corrected chi connectivity index (χ3v) is 4.43. The fraction of sp³-hybridized carbons (Fsp3) is 0.500. The molecule has 1 aliphatic rings. The maximum absolute atomic E-state index is 11.9. The predicted molar refractivity (Wildman–Crippen MR) is 74.6 cm³/mol. The molecule has 2 N–H and O–H groups in total. The third kappa shape index (κ3) is 3.86. The molecule has 1 saturated carbocycles. The molecule has 0 saturated heterocycles. The van der Waals surface area contributed by atoms with Crippen LogP contribution in [0.2, 0.25) is 5.02 Å². The van der Waals surface area contributed by atoms with Crippen LogP contribution in [0.5, 0.6) is 0 Å². The summed E-state index contributed by atoms with van der Waals surface area (Å²) >= 11 is 5.99. The Bertz CT molecular complexity index is 507. The SMILES string of the molecule is Cc1cccc(Cl)c1NS(=O)(=O)CCNC1CC1. The van der Waals surface area contributed by atoms with Crippen LogP contribution in [0.1, 0.15) is 18.4 Å². The van der Waals surface area contributed by atoms with Crippen molar-refractivity contribution >= 4 is 27.3 Å². The van der Waals surface area contributed by atoms with Gasteiger partial charge >= 0.3 is 0 Å². The van der Waals surface area contributed by atoms with Gasteiger partial charge in [0.15, 0.2) is 0 Å². The van der Waals surface area contributed by atoms with E-state index in [-0.39, 0.29) is 5.75 Å². The molecular formula is C12H17ClN2O2S. The lowest BCUT2D eigenvalue weighted by Crippen LogP contribution is -2.28. The lowest BCUT2D eigenvalue weighted by Gasteiger charge is -2.12. The lowest BCUT2D eigenvalue weighted by molar-refractivity contribution is 0.595. The molecule has 6 heteroatoms. The normalized spacial score (nSPS) is 15.7. The van der Waals surface area contributed by atoms with E-state index in [0.717, 1.165) is 18.4 Å². The number of aryl methyl sites for hydroxylation is 1. The average molecular weight is 289 g/mol. The molecule has 1 aromatic rings. The molecule has 100 valence electrons. The minimum Gasteiger partial charge on any atom is -0.313 e. The van der Waals surface area contributed by atoms with Crippen molar-refractivity contribution in [1.82, 2.24) is 5.32 Å². The van der Waals surface area contributed by atoms with Gasteiger partial charge in [0.2, 0.25) is 10.0 Å². The van der Waals surface area contributed by atoms with Gasteiger partial charge in [0, 0.05) is 12.6 Å². The molecule has 1 fully saturated rings. The minimum absolute atomic E-state index is 0.0637. The molecule has 4 nitrogen and oxygen atoms in total. The first-order valence-electron chi connectivity index (χ1n) is 5.97. The van der Waals surface area contributed by atoms with Crippen LogP contribution in [0.15, 0.2) is 18.2 Å². The van der Waals surface area contributed by atoms with Gasteiger partial charge in [0.1, 0.15) is 0 Å². The van der Waals surface area contributed by atoms with Gasteiger partial charge in [-0.25, -0.2) is 8.42 Å². The van der Waals surface area contributed by atoms with Crippen LogP contribution in [-0.2, 0) is 10.0 Å². The van der Waals surface area contributed by atoms with E-state index in [4.69, 9.17) is 11.6 Å². The average Bonchev–Trinajstić information content (AvgIpc) is 3.07. The van der Waals surface area contributed by atoms with Crippen molar-refractivity contribution < 1.29 is 8.42 Å². The molecule has 2 rings (SSSR count). The number of hydrogen-bond donors (Lipinski definition) is 2. The van der Waals surface area contributed by atoms with Gasteiger partial charge in [-0.05, 0) is 31.4 Å². The first kappa shape index (κ1) is 13.6. The maximum Gasteiger partial charge on any atom is 0.234 e. The van der Waals surface area contributed by atoms with Crippen LogP contribution >= 0.6 is 11.6 Å². The summed E-state index contributed by atoms with van der Waals surface area (Å²) in [5.41, 5.74) is 1.30. The number of sulfonamides is 1. The number of benzene rings is 1. The zero-order valence-electron chi connectivity index (χ0n) is 10.2. The highest BCUT2D eigenvalue weighted by Crippen LogP contribution is 2.26. The Balaban J connectivity index is 1.97. The van der Waals surface area contributed by atoms with E-state index in [2.05, 4.69) is 10.0 Å². The second-order valence-corrected chi connectivity index (χ2v) is 6.83. The molecule has 18 heavy (non-hydrogen) atoms. The van der Waals surface area contributed by atoms with Crippen LogP contribution < -0.4 is 10.0 Å². The van der Waals surface area contributed by atoms with Gasteiger partial charge in [0.05, 0.1) is 16.5 Å². The zero-order chi connectivity index (χ0) is 13.2. The van der Waals surface area contributed by atoms with Crippen molar-refractivity contribution in [3.8, 4) is 0 Å². The standard InChI is InChI=1S/C12H17ClN2O2S/c1-9-3-2-4-11(13)12(9)15-18(16,17)8-7-14-10-5-6-10/h2-4,10,14-15H,5-8H2,1H3. The summed E-state index contributed by atoms with van der Waals surface area (Å²) in [7, 11) is -3.34. The van der Waals surface area contributed by atoms with Crippen molar-refractivity contribution in [1.29, 1.82) is 0 Å². The highest BCUT2D eigenvalue weighted by Gasteiger charge is 2.21. The van der Waals surface area contributed by atoms with Gasteiger partial charge < -0.3 is 5.32 Å². The van der Waals surface area contributed by atoms with Crippen LogP contribution in [0.3, 0.4) is 0 Å². The molecule has 1 aliphatic carbocycles. The topological polar surface area (TPSA) is 58.2 Å². The van der Waals surface area contributed by atoms with Crippen molar-refractivity contribution in [3.63, 3.8) is 0 Å². The van der Waals surface area contributed by atoms with E-state index in [1.54, 1.807) is 12.1 Å². The minimum atomic E-state index is -3.34. The molecule has 0 unspecified atom stereocenters. The first-order valence-corrected chi connectivity index (χ1v) is 8.00. The zero-order valence-corrected chi connectivity index (χ0v) is 11.8. The highest BCUT2D eigenvalue weighted by atomic mass is 35.5. The Morgan fingerprint density at radius 1 is 1.39 bits per heavy atom. The molecule has 0 aromatic heterocycles. The summed E-state index contributed by atoms with van der Waals surface area (Å²) in [5.74, 6) is 0.0637. The fourth-order valence-electron chi connectivity index (χ4n) is 1.65. The molecule has 0 heterocycles. The quantitative estimate of drug-likeness (QED) is 0.843. The van der Waals surface area contributed by atoms with Crippen LogP contribution in [0.25, 0.3) is 0 Å². The summed E-state index contributed by atoms with van der Waals surface area (Å²) in [4.78, 5) is 0. The number of anilines is 1. The fourth-order valence-corrected chi connectivity index (χ4v) is 3.05. The predicted octanol–water partition coefficient (Wildman–Crippen LogP) is 2.14. The monoisotopic (exact) mass is 288 g/mol. The number of halogens is 1. The molecule has 0 atom stereocenters. The maximum atomic E-state index is 11.9. The Morgan fingerprint density at radius 2 is 2.11 bits per heavy atom. The van der Waals surface area contributed by atoms with Gasteiger partial charge in [0.25, 0.3) is 0 Å². The number of rotatable bonds is 6. The summed E-state index contributed by atoms with van der Waals surface area (Å²) < 4.78 is 26.3. The molecule has 0 aliphatic heterocycles. The summed E-state index contributed by atoms with van der Waals surface area (Å²) in [6, 6.07) is 5.81. The Morgan fingerprint density at radius 3 is 2.72 bits per heavy atom. The van der Waals surface area contributed by atoms with E-state index in [1.807, 2.05) is 13.0 Å². The van der Waals surface area contributed by atoms with Crippen molar-refractivity contribution in [2.45, 2.75) is 25.8 Å². The van der Waals surface area contributed by atoms with Crippen molar-refractivity contribution in [2.24, 2.45) is 0 Å². The van der Waals surface area contributed by atoms with E-state index < -0.39 is 10.0 Å². The second-order valence-electron chi connectivity index (χ2n) is 4.58. The van der Waals surface area contributed by atoms with Crippen LogP contribution in [0, 0.1) is 6.92 Å². The van der Waals surface area contributed by atoms with Gasteiger partial charge in [-0.3, -0.25) is 4.72 Å². The van der Waals surface area contributed by atoms with Gasteiger partial charge in [-0.2, -0.15) is 0 Å². The number of nitrogens with one attached hydrogen (secondary N) is 2. The summed E-state index contributed by atoms with van der Waals surface area (Å²) in [6.45, 7) is 2.30. The Labute approximate surface area is 113 Å². The Kier molecular flexibility index (Phi) is 4.14. The first-order chi connectivity index (χ1) is 8.48. The molecular weight excluding hydrogens is 272 g/mol. The van der Waals surface area contributed by atoms with E-state index in [9.17, 15) is 8.42 Å². The van der Waals surface area contributed by atoms with E-state index >= 15 is 0 Å². The number of para-hydroxylation sites is 1. The largest absolute Gasteiger partial charge is 0.313 e.